The van der Waals surface area contributed by atoms with E-state index in [0.717, 1.165) is 5.56 Å². The van der Waals surface area contributed by atoms with Crippen LogP contribution in [-0.4, -0.2) is 26.7 Å². The minimum atomic E-state index is -3.86. The maximum Gasteiger partial charge on any atom is 0.251 e. The Kier molecular flexibility index (Phi) is 6.29. The van der Waals surface area contributed by atoms with Crippen molar-refractivity contribution in [2.75, 3.05) is 6.54 Å². The summed E-state index contributed by atoms with van der Waals surface area (Å²) >= 11 is 0. The number of hydrogen-bond donors (Lipinski definition) is 4. The molecule has 0 heterocycles. The lowest BCUT2D eigenvalue weighted by atomic mass is 10.0. The monoisotopic (exact) mass is 422 g/mol. The van der Waals surface area contributed by atoms with Gasteiger partial charge in [-0.2, -0.15) is 0 Å². The molecule has 0 bridgehead atoms. The molecule has 0 unspecified atom stereocenters. The van der Waals surface area contributed by atoms with Crippen molar-refractivity contribution in [2.24, 2.45) is 10.9 Å². The number of amides is 1. The number of sulfonamides is 1. The largest absolute Gasteiger partial charge is 0.384 e. The van der Waals surface area contributed by atoms with Gasteiger partial charge in [0.1, 0.15) is 5.84 Å². The molecule has 154 valence electrons. The Morgan fingerprint density at radius 1 is 0.933 bits per heavy atom. The van der Waals surface area contributed by atoms with Crippen LogP contribution in [0.4, 0.5) is 0 Å². The average molecular weight is 423 g/mol. The van der Waals surface area contributed by atoms with Crippen LogP contribution in [0, 0.1) is 5.41 Å². The van der Waals surface area contributed by atoms with Crippen LogP contribution >= 0.6 is 0 Å². The summed E-state index contributed by atoms with van der Waals surface area (Å²) in [6.07, 6.45) is 0.604. The molecular weight excluding hydrogens is 400 g/mol. The fourth-order valence-corrected chi connectivity index (χ4v) is 3.83. The van der Waals surface area contributed by atoms with E-state index in [0.29, 0.717) is 35.2 Å². The molecule has 30 heavy (non-hydrogen) atoms. The lowest BCUT2D eigenvalue weighted by Gasteiger charge is -2.09. The Bertz CT molecular complexity index is 1190. The van der Waals surface area contributed by atoms with E-state index >= 15 is 0 Å². The number of primary sulfonamides is 1. The molecule has 1 amide bonds. The van der Waals surface area contributed by atoms with E-state index in [-0.39, 0.29) is 16.6 Å². The molecule has 0 saturated heterocycles. The highest BCUT2D eigenvalue weighted by Gasteiger charge is 2.15. The summed E-state index contributed by atoms with van der Waals surface area (Å²) in [4.78, 5) is 12.4. The first-order valence-electron chi connectivity index (χ1n) is 9.19. The fourth-order valence-electron chi connectivity index (χ4n) is 3.07. The van der Waals surface area contributed by atoms with Gasteiger partial charge in [-0.25, -0.2) is 13.6 Å². The van der Waals surface area contributed by atoms with Crippen LogP contribution in [0.1, 0.15) is 21.5 Å². The molecule has 3 rings (SSSR count). The lowest BCUT2D eigenvalue weighted by Crippen LogP contribution is -2.25. The van der Waals surface area contributed by atoms with E-state index in [1.807, 2.05) is 18.2 Å². The van der Waals surface area contributed by atoms with Crippen molar-refractivity contribution in [2.45, 2.75) is 11.3 Å². The van der Waals surface area contributed by atoms with Gasteiger partial charge in [-0.1, -0.05) is 48.5 Å². The van der Waals surface area contributed by atoms with Crippen molar-refractivity contribution < 1.29 is 13.2 Å². The van der Waals surface area contributed by atoms with Gasteiger partial charge in [-0.15, -0.1) is 0 Å². The van der Waals surface area contributed by atoms with E-state index < -0.39 is 10.0 Å². The summed E-state index contributed by atoms with van der Waals surface area (Å²) in [5, 5.41) is 15.6. The second kappa shape index (κ2) is 8.89. The minimum Gasteiger partial charge on any atom is -0.384 e. The zero-order valence-corrected chi connectivity index (χ0v) is 16.9. The fraction of sp³-hybridized carbons (Fsp3) is 0.0909. The molecule has 0 aliphatic rings. The minimum absolute atomic E-state index is 0.00462. The van der Waals surface area contributed by atoms with Crippen molar-refractivity contribution in [1.82, 2.24) is 5.32 Å². The van der Waals surface area contributed by atoms with Crippen LogP contribution < -0.4 is 16.2 Å². The maximum absolute atomic E-state index is 12.4. The number of carbonyl (C=O) groups is 1. The van der Waals surface area contributed by atoms with Gasteiger partial charge >= 0.3 is 0 Å². The standard InChI is InChI=1S/C22H22N4O3S/c23-21(24)18-5-3-4-15(14-18)12-13-26-22(27)17-10-8-16(9-11-17)19-6-1-2-7-20(19)30(25,28)29/h1-11,14H,12-13H2,(H3,23,24)(H,26,27)(H2,25,28,29). The number of hydrogen-bond acceptors (Lipinski definition) is 4. The Balaban J connectivity index is 1.66. The van der Waals surface area contributed by atoms with Crippen LogP contribution in [0.2, 0.25) is 0 Å². The Hall–Kier alpha value is -3.49. The van der Waals surface area contributed by atoms with Gasteiger partial charge in [0, 0.05) is 23.2 Å². The van der Waals surface area contributed by atoms with E-state index in [1.54, 1.807) is 48.5 Å². The number of amidine groups is 1. The third-order valence-electron chi connectivity index (χ3n) is 4.59. The lowest BCUT2D eigenvalue weighted by molar-refractivity contribution is 0.0954. The summed E-state index contributed by atoms with van der Waals surface area (Å²) in [5.41, 5.74) is 8.71. The summed E-state index contributed by atoms with van der Waals surface area (Å²) in [5.74, 6) is -0.228. The third-order valence-corrected chi connectivity index (χ3v) is 5.56. The molecule has 6 N–H and O–H groups in total. The van der Waals surface area contributed by atoms with Crippen molar-refractivity contribution in [3.8, 4) is 11.1 Å². The molecule has 0 aromatic heterocycles. The molecule has 7 nitrogen and oxygen atoms in total. The summed E-state index contributed by atoms with van der Waals surface area (Å²) in [7, 11) is -3.86. The highest BCUT2D eigenvalue weighted by atomic mass is 32.2. The van der Waals surface area contributed by atoms with Crippen LogP contribution in [0.15, 0.2) is 77.7 Å². The van der Waals surface area contributed by atoms with E-state index in [9.17, 15) is 13.2 Å². The number of nitrogens with two attached hydrogens (primary N) is 2. The zero-order chi connectivity index (χ0) is 21.7. The van der Waals surface area contributed by atoms with E-state index in [2.05, 4.69) is 5.32 Å². The molecule has 0 atom stereocenters. The molecule has 0 fully saturated rings. The van der Waals surface area contributed by atoms with Crippen LogP contribution in [0.25, 0.3) is 11.1 Å². The SMILES string of the molecule is N=C(N)c1cccc(CCNC(=O)c2ccc(-c3ccccc3S(N)(=O)=O)cc2)c1. The van der Waals surface area contributed by atoms with E-state index in [1.165, 1.54) is 6.07 Å². The number of rotatable bonds is 7. The normalized spacial score (nSPS) is 11.1. The molecule has 0 aliphatic heterocycles. The number of benzene rings is 3. The summed E-state index contributed by atoms with van der Waals surface area (Å²) in [6, 6.07) is 20.4. The smallest absolute Gasteiger partial charge is 0.251 e. The second-order valence-electron chi connectivity index (χ2n) is 6.74. The Morgan fingerprint density at radius 2 is 1.63 bits per heavy atom. The second-order valence-corrected chi connectivity index (χ2v) is 8.27. The zero-order valence-electron chi connectivity index (χ0n) is 16.1. The van der Waals surface area contributed by atoms with Crippen LogP contribution in [0.5, 0.6) is 0 Å². The Labute approximate surface area is 175 Å². The van der Waals surface area contributed by atoms with Gasteiger partial charge in [0.25, 0.3) is 5.91 Å². The van der Waals surface area contributed by atoms with Gasteiger partial charge in [-0.3, -0.25) is 10.2 Å². The van der Waals surface area contributed by atoms with Gasteiger partial charge in [-0.05, 0) is 41.8 Å². The molecule has 0 radical (unpaired) electrons. The van der Waals surface area contributed by atoms with Crippen molar-refractivity contribution in [1.29, 1.82) is 5.41 Å². The Morgan fingerprint density at radius 3 is 2.30 bits per heavy atom. The van der Waals surface area contributed by atoms with Gasteiger partial charge in [0.2, 0.25) is 10.0 Å². The quantitative estimate of drug-likeness (QED) is 0.342. The van der Waals surface area contributed by atoms with Crippen molar-refractivity contribution in [3.63, 3.8) is 0 Å². The first kappa shape index (κ1) is 21.2. The van der Waals surface area contributed by atoms with Crippen LogP contribution in [-0.2, 0) is 16.4 Å². The predicted octanol–water partition coefficient (Wildman–Crippen LogP) is 2.26. The van der Waals surface area contributed by atoms with E-state index in [4.69, 9.17) is 16.3 Å². The number of carbonyl (C=O) groups excluding carboxylic acids is 1. The number of nitrogens with one attached hydrogen (secondary N) is 2. The molecule has 0 spiro atoms. The highest BCUT2D eigenvalue weighted by Crippen LogP contribution is 2.26. The molecule has 8 heteroatoms. The van der Waals surface area contributed by atoms with Crippen molar-refractivity contribution >= 4 is 21.8 Å². The molecule has 0 aliphatic carbocycles. The molecule has 3 aromatic rings. The predicted molar refractivity (Wildman–Crippen MR) is 117 cm³/mol. The maximum atomic E-state index is 12.4. The van der Waals surface area contributed by atoms with Gasteiger partial charge in [0.15, 0.2) is 0 Å². The third kappa shape index (κ3) is 5.11. The van der Waals surface area contributed by atoms with Crippen LogP contribution in [0.3, 0.4) is 0 Å². The van der Waals surface area contributed by atoms with Crippen molar-refractivity contribution in [3.05, 3.63) is 89.5 Å². The topological polar surface area (TPSA) is 139 Å². The molecular formula is C22H22N4O3S. The number of nitrogen functional groups attached to an aromatic ring is 1. The highest BCUT2D eigenvalue weighted by molar-refractivity contribution is 7.89. The summed E-state index contributed by atoms with van der Waals surface area (Å²) in [6.45, 7) is 0.427. The first-order chi connectivity index (χ1) is 14.3. The van der Waals surface area contributed by atoms with Gasteiger partial charge in [0.05, 0.1) is 4.90 Å². The molecule has 3 aromatic carbocycles. The first-order valence-corrected chi connectivity index (χ1v) is 10.7. The molecule has 0 saturated carbocycles. The summed E-state index contributed by atoms with van der Waals surface area (Å²) < 4.78 is 23.6. The average Bonchev–Trinajstić information content (AvgIpc) is 2.73. The van der Waals surface area contributed by atoms with Gasteiger partial charge < -0.3 is 11.1 Å².